The smallest absolute Gasteiger partial charge is 0.408 e. The second-order valence-electron chi connectivity index (χ2n) is 9.15. The lowest BCUT2D eigenvalue weighted by Crippen LogP contribution is -2.48. The van der Waals surface area contributed by atoms with Crippen LogP contribution < -0.4 is 10.6 Å². The zero-order valence-electron chi connectivity index (χ0n) is 20.8. The minimum absolute atomic E-state index is 0.0177. The van der Waals surface area contributed by atoms with Gasteiger partial charge in [0.05, 0.1) is 0 Å². The largest absolute Gasteiger partial charge is 0.508 e. The van der Waals surface area contributed by atoms with Crippen molar-refractivity contribution in [2.75, 3.05) is 19.6 Å². The van der Waals surface area contributed by atoms with Crippen molar-refractivity contribution < 1.29 is 24.2 Å². The summed E-state index contributed by atoms with van der Waals surface area (Å²) in [5.41, 5.74) is -0.166. The number of nitrogens with one attached hydrogen (secondary N) is 2. The van der Waals surface area contributed by atoms with Gasteiger partial charge in [-0.15, -0.1) is 0 Å². The molecule has 0 spiro atoms. The number of hydrogen-bond acceptors (Lipinski definition) is 5. The monoisotopic (exact) mass is 463 g/mol. The second kappa shape index (κ2) is 14.4. The van der Waals surface area contributed by atoms with Gasteiger partial charge in [-0.1, -0.05) is 51.7 Å². The Morgan fingerprint density at radius 1 is 1.03 bits per heavy atom. The molecule has 0 saturated heterocycles. The van der Waals surface area contributed by atoms with Crippen LogP contribution in [0, 0.1) is 0 Å². The van der Waals surface area contributed by atoms with Crippen molar-refractivity contribution >= 4 is 17.9 Å². The molecule has 0 heterocycles. The average molecular weight is 464 g/mol. The molecule has 0 aliphatic carbocycles. The number of unbranched alkanes of at least 4 members (excludes halogenated alkanes) is 4. The molecule has 0 aromatic heterocycles. The van der Waals surface area contributed by atoms with Crippen molar-refractivity contribution in [1.82, 2.24) is 15.5 Å². The fourth-order valence-electron chi connectivity index (χ4n) is 3.32. The lowest BCUT2D eigenvalue weighted by atomic mass is 10.0. The first kappa shape index (κ1) is 28.3. The molecule has 0 aliphatic rings. The molecule has 1 rings (SSSR count). The van der Waals surface area contributed by atoms with E-state index in [0.29, 0.717) is 18.7 Å². The summed E-state index contributed by atoms with van der Waals surface area (Å²) in [5.74, 6) is -0.685. The van der Waals surface area contributed by atoms with Gasteiger partial charge in [-0.05, 0) is 51.3 Å². The van der Waals surface area contributed by atoms with E-state index in [-0.39, 0.29) is 18.2 Å². The van der Waals surface area contributed by atoms with E-state index < -0.39 is 23.6 Å². The highest BCUT2D eigenvalue weighted by Gasteiger charge is 2.31. The molecule has 0 fully saturated rings. The first-order valence-corrected chi connectivity index (χ1v) is 11.9. The van der Waals surface area contributed by atoms with Crippen LogP contribution in [0.3, 0.4) is 0 Å². The molecule has 3 N–H and O–H groups in total. The van der Waals surface area contributed by atoms with Crippen molar-refractivity contribution in [2.45, 2.75) is 84.8 Å². The fraction of sp³-hybridized carbons (Fsp3) is 0.640. The van der Waals surface area contributed by atoms with E-state index in [0.717, 1.165) is 38.5 Å². The van der Waals surface area contributed by atoms with Crippen molar-refractivity contribution in [1.29, 1.82) is 0 Å². The third-order valence-electron chi connectivity index (χ3n) is 4.93. The highest BCUT2D eigenvalue weighted by atomic mass is 16.6. The Hall–Kier alpha value is -2.77. The van der Waals surface area contributed by atoms with Gasteiger partial charge in [-0.25, -0.2) is 4.79 Å². The third-order valence-corrected chi connectivity index (χ3v) is 4.93. The molecule has 186 valence electrons. The zero-order chi connectivity index (χ0) is 24.9. The van der Waals surface area contributed by atoms with Gasteiger partial charge in [0.15, 0.2) is 0 Å². The summed E-state index contributed by atoms with van der Waals surface area (Å²) >= 11 is 0. The average Bonchev–Trinajstić information content (AvgIpc) is 2.73. The van der Waals surface area contributed by atoms with E-state index in [1.165, 1.54) is 17.0 Å². The van der Waals surface area contributed by atoms with Crippen molar-refractivity contribution in [3.05, 3.63) is 29.8 Å². The molecule has 3 amide bonds. The molecule has 8 nitrogen and oxygen atoms in total. The van der Waals surface area contributed by atoms with E-state index in [9.17, 15) is 19.5 Å². The number of phenolic OH excluding ortho intramolecular Hbond substituents is 1. The molecule has 8 heteroatoms. The molecule has 1 aromatic rings. The normalized spacial score (nSPS) is 12.0. The topological polar surface area (TPSA) is 108 Å². The number of alkyl carbamates (subject to hydrolysis) is 1. The molecule has 33 heavy (non-hydrogen) atoms. The maximum Gasteiger partial charge on any atom is 0.408 e. The number of amides is 3. The van der Waals surface area contributed by atoms with Gasteiger partial charge in [-0.3, -0.25) is 9.59 Å². The van der Waals surface area contributed by atoms with Crippen LogP contribution in [0.5, 0.6) is 5.75 Å². The summed E-state index contributed by atoms with van der Waals surface area (Å²) in [6.45, 7) is 9.93. The summed E-state index contributed by atoms with van der Waals surface area (Å²) in [4.78, 5) is 40.0. The SMILES string of the molecule is CCCCCCN(C(=O)CNC(=O)OC(C)(C)C)C(C(=O)NCCCC)c1cccc(O)c1. The number of benzene rings is 1. The molecule has 0 aliphatic heterocycles. The van der Waals surface area contributed by atoms with Crippen molar-refractivity contribution in [3.63, 3.8) is 0 Å². The van der Waals surface area contributed by atoms with Gasteiger partial charge < -0.3 is 25.4 Å². The van der Waals surface area contributed by atoms with Gasteiger partial charge in [-0.2, -0.15) is 0 Å². The number of hydrogen-bond donors (Lipinski definition) is 3. The number of nitrogens with zero attached hydrogens (tertiary/aromatic N) is 1. The molecule has 0 saturated carbocycles. The van der Waals surface area contributed by atoms with E-state index in [2.05, 4.69) is 17.6 Å². The molecule has 1 aromatic carbocycles. The highest BCUT2D eigenvalue weighted by Crippen LogP contribution is 2.25. The van der Waals surface area contributed by atoms with Crippen LogP contribution in [-0.4, -0.2) is 53.1 Å². The summed E-state index contributed by atoms with van der Waals surface area (Å²) in [6, 6.07) is 5.47. The lowest BCUT2D eigenvalue weighted by molar-refractivity contribution is -0.140. The minimum atomic E-state index is -0.913. The van der Waals surface area contributed by atoms with Gasteiger partial charge in [0.25, 0.3) is 0 Å². The number of ether oxygens (including phenoxy) is 1. The third kappa shape index (κ3) is 11.1. The van der Waals surface area contributed by atoms with Crippen LogP contribution in [0.15, 0.2) is 24.3 Å². The number of aromatic hydroxyl groups is 1. The molecular formula is C25H41N3O5. The van der Waals surface area contributed by atoms with Crippen molar-refractivity contribution in [2.24, 2.45) is 0 Å². The second-order valence-corrected chi connectivity index (χ2v) is 9.15. The van der Waals surface area contributed by atoms with Crippen LogP contribution >= 0.6 is 0 Å². The van der Waals surface area contributed by atoms with Crippen LogP contribution in [0.1, 0.15) is 84.7 Å². The highest BCUT2D eigenvalue weighted by molar-refractivity contribution is 5.90. The summed E-state index contributed by atoms with van der Waals surface area (Å²) in [6.07, 6.45) is 4.77. The Kier molecular flexibility index (Phi) is 12.3. The molecule has 0 bridgehead atoms. The van der Waals surface area contributed by atoms with Gasteiger partial charge in [0.2, 0.25) is 11.8 Å². The lowest BCUT2D eigenvalue weighted by Gasteiger charge is -2.32. The van der Waals surface area contributed by atoms with Crippen LogP contribution in [-0.2, 0) is 14.3 Å². The quantitative estimate of drug-likeness (QED) is 0.378. The van der Waals surface area contributed by atoms with Gasteiger partial charge >= 0.3 is 6.09 Å². The maximum atomic E-state index is 13.2. The Bertz CT molecular complexity index is 761. The fourth-order valence-corrected chi connectivity index (χ4v) is 3.32. The van der Waals surface area contributed by atoms with Crippen LogP contribution in [0.4, 0.5) is 4.79 Å². The van der Waals surface area contributed by atoms with E-state index in [1.807, 2.05) is 6.92 Å². The molecule has 0 radical (unpaired) electrons. The minimum Gasteiger partial charge on any atom is -0.508 e. The van der Waals surface area contributed by atoms with Crippen LogP contribution in [0.25, 0.3) is 0 Å². The zero-order valence-corrected chi connectivity index (χ0v) is 20.8. The van der Waals surface area contributed by atoms with E-state index >= 15 is 0 Å². The van der Waals surface area contributed by atoms with E-state index in [1.54, 1.807) is 32.9 Å². The summed E-state index contributed by atoms with van der Waals surface area (Å²) in [7, 11) is 0. The molecule has 1 unspecified atom stereocenters. The van der Waals surface area contributed by atoms with Gasteiger partial charge in [0, 0.05) is 13.1 Å². The predicted molar refractivity (Wildman–Crippen MR) is 129 cm³/mol. The number of rotatable bonds is 13. The first-order valence-electron chi connectivity index (χ1n) is 11.9. The van der Waals surface area contributed by atoms with Gasteiger partial charge in [0.1, 0.15) is 23.9 Å². The number of phenols is 1. The first-order chi connectivity index (χ1) is 15.6. The predicted octanol–water partition coefficient (Wildman–Crippen LogP) is 4.28. The van der Waals surface area contributed by atoms with Crippen molar-refractivity contribution in [3.8, 4) is 5.75 Å². The summed E-state index contributed by atoms with van der Waals surface area (Å²) in [5, 5.41) is 15.4. The van der Waals surface area contributed by atoms with E-state index in [4.69, 9.17) is 4.74 Å². The standard InChI is InChI=1S/C25H41N3O5/c1-6-8-10-11-16-28(21(30)18-27-24(32)33-25(3,4)5)22(23(31)26-15-9-7-2)19-13-12-14-20(29)17-19/h12-14,17,22,29H,6-11,15-16,18H2,1-5H3,(H,26,31)(H,27,32). The molecule has 1 atom stereocenters. The maximum absolute atomic E-state index is 13.2. The Labute approximate surface area is 198 Å². The number of carbonyl (C=O) groups is 3. The Morgan fingerprint density at radius 3 is 2.33 bits per heavy atom. The summed E-state index contributed by atoms with van der Waals surface area (Å²) < 4.78 is 5.22. The Balaban J connectivity index is 3.13. The Morgan fingerprint density at radius 2 is 1.73 bits per heavy atom. The molecular weight excluding hydrogens is 422 g/mol. The van der Waals surface area contributed by atoms with Crippen LogP contribution in [0.2, 0.25) is 0 Å². The number of carbonyl (C=O) groups excluding carboxylic acids is 3.